The van der Waals surface area contributed by atoms with Crippen molar-refractivity contribution in [2.45, 2.75) is 43.4 Å². The van der Waals surface area contributed by atoms with Crippen molar-refractivity contribution < 1.29 is 9.90 Å². The zero-order valence-electron chi connectivity index (χ0n) is 14.6. The number of hydrogen-bond acceptors (Lipinski definition) is 5. The highest BCUT2D eigenvalue weighted by Crippen LogP contribution is 2.27. The second kappa shape index (κ2) is 8.84. The summed E-state index contributed by atoms with van der Waals surface area (Å²) in [6.07, 6.45) is 8.04. The predicted molar refractivity (Wildman–Crippen MR) is 104 cm³/mol. The summed E-state index contributed by atoms with van der Waals surface area (Å²) in [5.41, 5.74) is 1.03. The minimum absolute atomic E-state index is 0.108. The Morgan fingerprint density at radius 3 is 2.81 bits per heavy atom. The smallest absolute Gasteiger partial charge is 0.254 e. The van der Waals surface area contributed by atoms with Crippen LogP contribution in [0, 0.1) is 5.92 Å². The van der Waals surface area contributed by atoms with Crippen molar-refractivity contribution in [1.82, 2.24) is 15.3 Å². The second-order valence-corrected chi connectivity index (χ2v) is 7.67. The first-order valence-electron chi connectivity index (χ1n) is 8.74. The highest BCUT2D eigenvalue weighted by molar-refractivity contribution is 7.98. The van der Waals surface area contributed by atoms with Gasteiger partial charge in [0.2, 0.25) is 0 Å². The Labute approximate surface area is 162 Å². The fourth-order valence-corrected chi connectivity index (χ4v) is 3.79. The average molecular weight is 392 g/mol. The van der Waals surface area contributed by atoms with Gasteiger partial charge in [0, 0.05) is 17.7 Å². The molecule has 1 atom stereocenters. The number of carbonyl (C=O) groups is 1. The molecule has 1 heterocycles. The summed E-state index contributed by atoms with van der Waals surface area (Å²) in [5, 5.41) is 14.2. The number of nitrogens with one attached hydrogen (secondary N) is 1. The Morgan fingerprint density at radius 1 is 1.31 bits per heavy atom. The third kappa shape index (κ3) is 4.55. The molecule has 0 radical (unpaired) electrons. The highest BCUT2D eigenvalue weighted by atomic mass is 35.5. The van der Waals surface area contributed by atoms with Crippen molar-refractivity contribution >= 4 is 29.3 Å². The molecule has 0 spiro atoms. The molecule has 7 heteroatoms. The van der Waals surface area contributed by atoms with Crippen LogP contribution in [0.4, 0.5) is 0 Å². The zero-order valence-corrected chi connectivity index (χ0v) is 16.2. The van der Waals surface area contributed by atoms with E-state index in [0.29, 0.717) is 22.0 Å². The van der Waals surface area contributed by atoms with Crippen LogP contribution in [0.15, 0.2) is 35.5 Å². The number of halogens is 1. The largest absolute Gasteiger partial charge is 0.373 e. The van der Waals surface area contributed by atoms with Crippen LogP contribution in [-0.2, 0) is 0 Å². The van der Waals surface area contributed by atoms with E-state index >= 15 is 0 Å². The number of rotatable bonds is 5. The van der Waals surface area contributed by atoms with Gasteiger partial charge in [0.05, 0.1) is 15.6 Å². The first-order chi connectivity index (χ1) is 12.6. The summed E-state index contributed by atoms with van der Waals surface area (Å²) in [5.74, 6) is 0.266. The fourth-order valence-electron chi connectivity index (χ4n) is 3.21. The Hall–Kier alpha value is -1.63. The van der Waals surface area contributed by atoms with E-state index in [1.165, 1.54) is 18.2 Å². The van der Waals surface area contributed by atoms with Gasteiger partial charge >= 0.3 is 0 Å². The van der Waals surface area contributed by atoms with Crippen LogP contribution < -0.4 is 5.32 Å². The summed E-state index contributed by atoms with van der Waals surface area (Å²) in [7, 11) is 0. The molecular weight excluding hydrogens is 370 g/mol. The molecule has 3 rings (SSSR count). The molecule has 138 valence electrons. The number of aromatic nitrogens is 2. The molecule has 1 saturated carbocycles. The molecule has 0 bridgehead atoms. The van der Waals surface area contributed by atoms with Gasteiger partial charge in [-0.1, -0.05) is 30.9 Å². The fraction of sp³-hybridized carbons (Fsp3) is 0.421. The van der Waals surface area contributed by atoms with Gasteiger partial charge in [0.25, 0.3) is 5.91 Å². The number of amides is 1. The summed E-state index contributed by atoms with van der Waals surface area (Å²) in [6, 6.07) is 6.95. The van der Waals surface area contributed by atoms with Crippen LogP contribution >= 0.6 is 23.4 Å². The maximum absolute atomic E-state index is 12.6. The van der Waals surface area contributed by atoms with Crippen LogP contribution in [0.5, 0.6) is 0 Å². The lowest BCUT2D eigenvalue weighted by atomic mass is 9.88. The first-order valence-corrected chi connectivity index (χ1v) is 10.3. The van der Waals surface area contributed by atoms with E-state index in [1.807, 2.05) is 12.3 Å². The van der Waals surface area contributed by atoms with E-state index in [1.54, 1.807) is 24.4 Å². The molecular formula is C19H22ClN3O2S. The number of benzene rings is 1. The summed E-state index contributed by atoms with van der Waals surface area (Å²) in [6.45, 7) is 0. The van der Waals surface area contributed by atoms with E-state index in [4.69, 9.17) is 11.6 Å². The Kier molecular flexibility index (Phi) is 6.51. The monoisotopic (exact) mass is 391 g/mol. The number of hydrogen-bond donors (Lipinski definition) is 2. The molecule has 1 aliphatic rings. The van der Waals surface area contributed by atoms with Crippen LogP contribution in [0.25, 0.3) is 11.4 Å². The van der Waals surface area contributed by atoms with Crippen LogP contribution in [0.3, 0.4) is 0 Å². The van der Waals surface area contributed by atoms with Crippen molar-refractivity contribution in [3.05, 3.63) is 41.0 Å². The van der Waals surface area contributed by atoms with Gasteiger partial charge in [-0.15, -0.1) is 11.8 Å². The number of aliphatic hydroxyl groups is 1. The molecule has 1 unspecified atom stereocenters. The van der Waals surface area contributed by atoms with Crippen molar-refractivity contribution in [2.24, 2.45) is 5.92 Å². The summed E-state index contributed by atoms with van der Waals surface area (Å²) < 4.78 is 0. The molecule has 2 aromatic rings. The number of carbonyl (C=O) groups excluding carboxylic acids is 1. The lowest BCUT2D eigenvalue weighted by molar-refractivity contribution is 0.0463. The number of nitrogens with zero attached hydrogens (tertiary/aromatic N) is 2. The third-order valence-corrected chi connectivity index (χ3v) is 5.66. The molecule has 0 saturated heterocycles. The van der Waals surface area contributed by atoms with E-state index in [-0.39, 0.29) is 11.8 Å². The van der Waals surface area contributed by atoms with Crippen LogP contribution in [0.2, 0.25) is 5.02 Å². The van der Waals surface area contributed by atoms with Gasteiger partial charge in [0.1, 0.15) is 6.23 Å². The Balaban J connectivity index is 1.79. The van der Waals surface area contributed by atoms with Crippen molar-refractivity contribution in [2.75, 3.05) is 6.26 Å². The van der Waals surface area contributed by atoms with Crippen molar-refractivity contribution in [3.8, 4) is 11.4 Å². The standard InChI is InChI=1S/C19H22ClN3O2S/c1-26-16-9-10-21-17(22-16)13-7-8-15(20)14(11-13)19(25)23-18(24)12-5-3-2-4-6-12/h7-12,18,24H,2-6H2,1H3,(H,23,25). The first kappa shape index (κ1) is 19.1. The molecule has 2 N–H and O–H groups in total. The van der Waals surface area contributed by atoms with Gasteiger partial charge in [-0.25, -0.2) is 9.97 Å². The molecule has 1 aliphatic carbocycles. The minimum atomic E-state index is -0.849. The zero-order chi connectivity index (χ0) is 18.5. The number of thioether (sulfide) groups is 1. The van der Waals surface area contributed by atoms with Crippen LogP contribution in [-0.4, -0.2) is 33.5 Å². The van der Waals surface area contributed by atoms with E-state index in [0.717, 1.165) is 30.7 Å². The Morgan fingerprint density at radius 2 is 2.08 bits per heavy atom. The van der Waals surface area contributed by atoms with Gasteiger partial charge in [0.15, 0.2) is 5.82 Å². The SMILES string of the molecule is CSc1ccnc(-c2ccc(Cl)c(C(=O)NC(O)C3CCCCC3)c2)n1. The van der Waals surface area contributed by atoms with E-state index < -0.39 is 6.23 Å². The predicted octanol–water partition coefficient (Wildman–Crippen LogP) is 4.15. The van der Waals surface area contributed by atoms with Gasteiger partial charge in [-0.2, -0.15) is 0 Å². The molecule has 1 fully saturated rings. The van der Waals surface area contributed by atoms with E-state index in [9.17, 15) is 9.90 Å². The second-order valence-electron chi connectivity index (χ2n) is 6.43. The molecule has 1 amide bonds. The average Bonchev–Trinajstić information content (AvgIpc) is 2.69. The maximum Gasteiger partial charge on any atom is 0.254 e. The maximum atomic E-state index is 12.6. The normalized spacial score (nSPS) is 16.3. The minimum Gasteiger partial charge on any atom is -0.373 e. The molecule has 0 aliphatic heterocycles. The molecule has 26 heavy (non-hydrogen) atoms. The lowest BCUT2D eigenvalue weighted by Gasteiger charge is -2.27. The summed E-state index contributed by atoms with van der Waals surface area (Å²) >= 11 is 7.74. The topological polar surface area (TPSA) is 75.1 Å². The quantitative estimate of drug-likeness (QED) is 0.455. The third-order valence-electron chi connectivity index (χ3n) is 4.68. The van der Waals surface area contributed by atoms with E-state index in [2.05, 4.69) is 15.3 Å². The summed E-state index contributed by atoms with van der Waals surface area (Å²) in [4.78, 5) is 21.4. The van der Waals surface area contributed by atoms with Crippen molar-refractivity contribution in [1.29, 1.82) is 0 Å². The molecule has 1 aromatic heterocycles. The Bertz CT molecular complexity index is 781. The van der Waals surface area contributed by atoms with Gasteiger partial charge < -0.3 is 10.4 Å². The molecule has 1 aromatic carbocycles. The van der Waals surface area contributed by atoms with Crippen molar-refractivity contribution in [3.63, 3.8) is 0 Å². The molecule has 5 nitrogen and oxygen atoms in total. The van der Waals surface area contributed by atoms with Gasteiger partial charge in [-0.05, 0) is 43.4 Å². The highest BCUT2D eigenvalue weighted by Gasteiger charge is 2.24. The van der Waals surface area contributed by atoms with Gasteiger partial charge in [-0.3, -0.25) is 4.79 Å². The number of aliphatic hydroxyl groups excluding tert-OH is 1. The lowest BCUT2D eigenvalue weighted by Crippen LogP contribution is -2.41. The van der Waals surface area contributed by atoms with Crippen LogP contribution in [0.1, 0.15) is 42.5 Å².